The predicted molar refractivity (Wildman–Crippen MR) is 75.4 cm³/mol. The molecule has 0 fully saturated rings. The summed E-state index contributed by atoms with van der Waals surface area (Å²) in [4.78, 5) is 14.1. The molecule has 0 atom stereocenters. The maximum atomic E-state index is 8.95. The summed E-state index contributed by atoms with van der Waals surface area (Å²) in [6.45, 7) is 0. The van der Waals surface area contributed by atoms with Crippen molar-refractivity contribution in [1.29, 1.82) is 5.26 Å². The van der Waals surface area contributed by atoms with E-state index in [1.807, 2.05) is 36.4 Å². The molecule has 0 spiro atoms. The molecule has 0 saturated carbocycles. The molecule has 6 nitrogen and oxygen atoms in total. The molecule has 98 valence electrons. The number of amidine groups is 1. The molecule has 0 bridgehead atoms. The molecule has 20 heavy (non-hydrogen) atoms. The summed E-state index contributed by atoms with van der Waals surface area (Å²) in [6.07, 6.45) is 3.15. The second-order valence-electron chi connectivity index (χ2n) is 3.83. The SMILES string of the molecule is N#CC1=NSCN1Oc1nccnc1-c1ccccc1. The highest BCUT2D eigenvalue weighted by Gasteiger charge is 2.22. The van der Waals surface area contributed by atoms with Gasteiger partial charge in [-0.25, -0.2) is 9.97 Å². The lowest BCUT2D eigenvalue weighted by Gasteiger charge is -2.16. The van der Waals surface area contributed by atoms with E-state index in [1.54, 1.807) is 12.4 Å². The lowest BCUT2D eigenvalue weighted by atomic mass is 10.1. The van der Waals surface area contributed by atoms with Crippen molar-refractivity contribution in [3.8, 4) is 23.2 Å². The fourth-order valence-corrected chi connectivity index (χ4v) is 2.28. The zero-order chi connectivity index (χ0) is 13.8. The van der Waals surface area contributed by atoms with E-state index >= 15 is 0 Å². The molecule has 3 rings (SSSR count). The summed E-state index contributed by atoms with van der Waals surface area (Å²) >= 11 is 1.25. The van der Waals surface area contributed by atoms with Crippen LogP contribution in [0.3, 0.4) is 0 Å². The Labute approximate surface area is 119 Å². The molecular weight excluding hydrogens is 274 g/mol. The molecule has 2 aromatic rings. The molecule has 0 radical (unpaired) electrons. The smallest absolute Gasteiger partial charge is 0.272 e. The van der Waals surface area contributed by atoms with Gasteiger partial charge in [0.2, 0.25) is 5.84 Å². The van der Waals surface area contributed by atoms with E-state index < -0.39 is 0 Å². The fraction of sp³-hybridized carbons (Fsp3) is 0.0769. The third kappa shape index (κ3) is 2.41. The lowest BCUT2D eigenvalue weighted by Crippen LogP contribution is -2.30. The third-order valence-corrected chi connectivity index (χ3v) is 3.22. The van der Waals surface area contributed by atoms with E-state index in [-0.39, 0.29) is 5.84 Å². The Hall–Kier alpha value is -2.59. The molecule has 0 unspecified atom stereocenters. The van der Waals surface area contributed by atoms with Gasteiger partial charge in [-0.15, -0.1) is 0 Å². The van der Waals surface area contributed by atoms with Crippen LogP contribution in [0.4, 0.5) is 0 Å². The fourth-order valence-electron chi connectivity index (χ4n) is 1.69. The number of hydrogen-bond donors (Lipinski definition) is 0. The molecule has 0 amide bonds. The van der Waals surface area contributed by atoms with Crippen LogP contribution in [0.2, 0.25) is 0 Å². The van der Waals surface area contributed by atoms with Gasteiger partial charge in [-0.1, -0.05) is 30.3 Å². The predicted octanol–water partition coefficient (Wildman–Crippen LogP) is 2.28. The maximum Gasteiger partial charge on any atom is 0.272 e. The van der Waals surface area contributed by atoms with Crippen LogP contribution in [0.25, 0.3) is 11.3 Å². The summed E-state index contributed by atoms with van der Waals surface area (Å²) < 4.78 is 3.96. The Morgan fingerprint density at radius 2 is 2.00 bits per heavy atom. The molecule has 0 N–H and O–H groups in total. The molecule has 1 aliphatic rings. The largest absolute Gasteiger partial charge is 0.354 e. The highest BCUT2D eigenvalue weighted by molar-refractivity contribution is 7.98. The molecule has 0 aliphatic carbocycles. The van der Waals surface area contributed by atoms with Crippen LogP contribution in [0.1, 0.15) is 0 Å². The summed E-state index contributed by atoms with van der Waals surface area (Å²) in [5.74, 6) is 1.03. The van der Waals surface area contributed by atoms with Crippen LogP contribution in [0, 0.1) is 11.3 Å². The number of benzene rings is 1. The van der Waals surface area contributed by atoms with Gasteiger partial charge in [-0.05, 0) is 0 Å². The van der Waals surface area contributed by atoms with Gasteiger partial charge in [-0.2, -0.15) is 14.7 Å². The first-order chi connectivity index (χ1) is 9.88. The Kier molecular flexibility index (Phi) is 3.48. The van der Waals surface area contributed by atoms with Crippen molar-refractivity contribution >= 4 is 17.8 Å². The highest BCUT2D eigenvalue weighted by atomic mass is 32.2. The van der Waals surface area contributed by atoms with Gasteiger partial charge in [0.1, 0.15) is 17.6 Å². The lowest BCUT2D eigenvalue weighted by molar-refractivity contribution is 0.0395. The Balaban J connectivity index is 1.92. The molecular formula is C13H9N5OS. The van der Waals surface area contributed by atoms with Crippen LogP contribution in [0.15, 0.2) is 47.1 Å². The van der Waals surface area contributed by atoms with E-state index in [4.69, 9.17) is 10.1 Å². The van der Waals surface area contributed by atoms with Crippen LogP contribution in [-0.4, -0.2) is 26.7 Å². The standard InChI is InChI=1S/C13H9N5OS/c14-8-11-17-20-9-18(11)19-13-12(15-6-7-16-13)10-4-2-1-3-5-10/h1-7H,9H2. The minimum atomic E-state index is 0.222. The Bertz CT molecular complexity index is 683. The third-order valence-electron chi connectivity index (χ3n) is 2.57. The molecule has 1 aliphatic heterocycles. The number of rotatable bonds is 3. The van der Waals surface area contributed by atoms with Gasteiger partial charge < -0.3 is 4.84 Å². The summed E-state index contributed by atoms with van der Waals surface area (Å²) in [6, 6.07) is 11.6. The van der Waals surface area contributed by atoms with Crippen molar-refractivity contribution in [1.82, 2.24) is 15.0 Å². The quantitative estimate of drug-likeness (QED) is 0.804. The van der Waals surface area contributed by atoms with Crippen LogP contribution in [0.5, 0.6) is 5.88 Å². The Morgan fingerprint density at radius 1 is 1.20 bits per heavy atom. The van der Waals surface area contributed by atoms with Crippen molar-refractivity contribution in [3.63, 3.8) is 0 Å². The van der Waals surface area contributed by atoms with Gasteiger partial charge >= 0.3 is 0 Å². The summed E-state index contributed by atoms with van der Waals surface area (Å²) in [7, 11) is 0. The second-order valence-corrected chi connectivity index (χ2v) is 4.53. The zero-order valence-corrected chi connectivity index (χ0v) is 11.1. The van der Waals surface area contributed by atoms with Crippen molar-refractivity contribution in [2.45, 2.75) is 0 Å². The molecule has 1 aromatic carbocycles. The van der Waals surface area contributed by atoms with E-state index in [0.717, 1.165) is 5.56 Å². The first kappa shape index (κ1) is 12.4. The van der Waals surface area contributed by atoms with Gasteiger partial charge in [0.25, 0.3) is 5.88 Å². The summed E-state index contributed by atoms with van der Waals surface area (Å²) in [5.41, 5.74) is 1.53. The van der Waals surface area contributed by atoms with Crippen molar-refractivity contribution in [2.24, 2.45) is 4.40 Å². The van der Waals surface area contributed by atoms with Crippen LogP contribution >= 0.6 is 11.9 Å². The Morgan fingerprint density at radius 3 is 2.80 bits per heavy atom. The molecule has 0 saturated heterocycles. The van der Waals surface area contributed by atoms with Crippen LogP contribution in [-0.2, 0) is 0 Å². The number of nitriles is 1. The van der Waals surface area contributed by atoms with Gasteiger partial charge in [0.05, 0.1) is 0 Å². The average Bonchev–Trinajstić information content (AvgIpc) is 2.96. The van der Waals surface area contributed by atoms with E-state index in [9.17, 15) is 0 Å². The van der Waals surface area contributed by atoms with Gasteiger partial charge in [-0.3, -0.25) is 0 Å². The van der Waals surface area contributed by atoms with Gasteiger partial charge in [0.15, 0.2) is 0 Å². The first-order valence-electron chi connectivity index (χ1n) is 5.80. The monoisotopic (exact) mass is 283 g/mol. The minimum Gasteiger partial charge on any atom is -0.354 e. The molecule has 1 aromatic heterocycles. The van der Waals surface area contributed by atoms with E-state index in [1.165, 1.54) is 17.0 Å². The van der Waals surface area contributed by atoms with Crippen LogP contribution < -0.4 is 4.84 Å². The number of aromatic nitrogens is 2. The number of nitrogens with zero attached hydrogens (tertiary/aromatic N) is 5. The highest BCUT2D eigenvalue weighted by Crippen LogP contribution is 2.27. The average molecular weight is 283 g/mol. The topological polar surface area (TPSA) is 74.4 Å². The normalized spacial score (nSPS) is 13.8. The van der Waals surface area contributed by atoms with E-state index in [2.05, 4.69) is 14.4 Å². The second kappa shape index (κ2) is 5.59. The first-order valence-corrected chi connectivity index (χ1v) is 6.75. The molecule has 2 heterocycles. The number of hydrogen-bond acceptors (Lipinski definition) is 7. The zero-order valence-electron chi connectivity index (χ0n) is 10.3. The minimum absolute atomic E-state index is 0.222. The van der Waals surface area contributed by atoms with Gasteiger partial charge in [0, 0.05) is 29.9 Å². The molecule has 7 heteroatoms. The summed E-state index contributed by atoms with van der Waals surface area (Å²) in [5, 5.41) is 10.4. The van der Waals surface area contributed by atoms with Crippen molar-refractivity contribution in [2.75, 3.05) is 5.88 Å². The van der Waals surface area contributed by atoms with Crippen molar-refractivity contribution in [3.05, 3.63) is 42.7 Å². The number of hydroxylamine groups is 2. The van der Waals surface area contributed by atoms with E-state index in [0.29, 0.717) is 17.5 Å². The maximum absolute atomic E-state index is 8.95. The van der Waals surface area contributed by atoms with Crippen molar-refractivity contribution < 1.29 is 4.84 Å².